The summed E-state index contributed by atoms with van der Waals surface area (Å²) in [6.45, 7) is 3.58. The smallest absolute Gasteiger partial charge is 0.407 e. The lowest BCUT2D eigenvalue weighted by Gasteiger charge is -2.22. The zero-order valence-electron chi connectivity index (χ0n) is 19.2. The SMILES string of the molecule is CC(NC(=O)OCC1c2ccccc2-c2ccccc21)C(C)C(=O)Nc1cc(C(=O)O)ccc1Br. The molecule has 2 atom stereocenters. The van der Waals surface area contributed by atoms with E-state index in [1.807, 2.05) is 36.4 Å². The van der Waals surface area contributed by atoms with Crippen molar-refractivity contribution in [1.82, 2.24) is 5.32 Å². The van der Waals surface area contributed by atoms with E-state index in [2.05, 4.69) is 38.7 Å². The van der Waals surface area contributed by atoms with Crippen LogP contribution in [0.5, 0.6) is 0 Å². The van der Waals surface area contributed by atoms with E-state index < -0.39 is 24.0 Å². The highest BCUT2D eigenvalue weighted by Gasteiger charge is 2.30. The van der Waals surface area contributed by atoms with Crippen molar-refractivity contribution in [2.45, 2.75) is 25.8 Å². The quantitative estimate of drug-likeness (QED) is 0.362. The summed E-state index contributed by atoms with van der Waals surface area (Å²) in [5, 5.41) is 14.6. The molecule has 0 saturated heterocycles. The fourth-order valence-electron chi connectivity index (χ4n) is 4.18. The van der Waals surface area contributed by atoms with Crippen molar-refractivity contribution in [1.29, 1.82) is 0 Å². The molecular weight excluding hydrogens is 512 g/mol. The second-order valence-electron chi connectivity index (χ2n) is 8.54. The maximum atomic E-state index is 12.7. The van der Waals surface area contributed by atoms with E-state index in [1.54, 1.807) is 19.9 Å². The molecule has 2 amide bonds. The summed E-state index contributed by atoms with van der Waals surface area (Å²) in [7, 11) is 0. The van der Waals surface area contributed by atoms with Crippen LogP contribution in [0.4, 0.5) is 10.5 Å². The predicted molar refractivity (Wildman–Crippen MR) is 137 cm³/mol. The van der Waals surface area contributed by atoms with Crippen LogP contribution in [0.25, 0.3) is 11.1 Å². The number of rotatable bonds is 7. The molecule has 0 bridgehead atoms. The van der Waals surface area contributed by atoms with Crippen LogP contribution >= 0.6 is 15.9 Å². The van der Waals surface area contributed by atoms with Crippen LogP contribution in [0, 0.1) is 5.92 Å². The van der Waals surface area contributed by atoms with Crippen molar-refractivity contribution < 1.29 is 24.2 Å². The molecular formula is C27H25BrN2O5. The Morgan fingerprint density at radius 3 is 2.17 bits per heavy atom. The van der Waals surface area contributed by atoms with E-state index in [0.29, 0.717) is 10.2 Å². The molecule has 0 radical (unpaired) electrons. The summed E-state index contributed by atoms with van der Waals surface area (Å²) in [5.74, 6) is -2.11. The number of anilines is 1. The van der Waals surface area contributed by atoms with Crippen LogP contribution in [-0.2, 0) is 9.53 Å². The van der Waals surface area contributed by atoms with Crippen LogP contribution in [0.15, 0.2) is 71.2 Å². The van der Waals surface area contributed by atoms with Gasteiger partial charge in [-0.2, -0.15) is 0 Å². The number of aromatic carboxylic acids is 1. The van der Waals surface area contributed by atoms with Crippen molar-refractivity contribution in [3.05, 3.63) is 87.9 Å². The molecule has 0 fully saturated rings. The molecule has 3 aromatic carbocycles. The molecule has 4 rings (SSSR count). The van der Waals surface area contributed by atoms with Gasteiger partial charge in [-0.3, -0.25) is 4.79 Å². The number of hydrogen-bond donors (Lipinski definition) is 3. The number of carbonyl (C=O) groups excluding carboxylic acids is 2. The van der Waals surface area contributed by atoms with Gasteiger partial charge in [-0.25, -0.2) is 9.59 Å². The third kappa shape index (κ3) is 5.22. The summed E-state index contributed by atoms with van der Waals surface area (Å²) < 4.78 is 6.12. The first-order chi connectivity index (χ1) is 16.8. The summed E-state index contributed by atoms with van der Waals surface area (Å²) in [6.07, 6.45) is -0.604. The number of carboxylic acids is 1. The molecule has 3 aromatic rings. The maximum absolute atomic E-state index is 12.7. The molecule has 0 aromatic heterocycles. The number of amides is 2. The van der Waals surface area contributed by atoms with Crippen LogP contribution in [0.2, 0.25) is 0 Å². The lowest BCUT2D eigenvalue weighted by Crippen LogP contribution is -2.42. The van der Waals surface area contributed by atoms with Gasteiger partial charge in [-0.05, 0) is 63.3 Å². The summed E-state index contributed by atoms with van der Waals surface area (Å²) >= 11 is 3.31. The van der Waals surface area contributed by atoms with Gasteiger partial charge in [-0.1, -0.05) is 55.5 Å². The molecule has 0 aliphatic heterocycles. The van der Waals surface area contributed by atoms with Crippen molar-refractivity contribution >= 4 is 39.6 Å². The Labute approximate surface area is 211 Å². The number of nitrogens with one attached hydrogen (secondary N) is 2. The van der Waals surface area contributed by atoms with Gasteiger partial charge in [0, 0.05) is 16.4 Å². The van der Waals surface area contributed by atoms with E-state index in [0.717, 1.165) is 22.3 Å². The number of fused-ring (bicyclic) bond motifs is 3. The molecule has 7 nitrogen and oxygen atoms in total. The first-order valence-corrected chi connectivity index (χ1v) is 12.0. The van der Waals surface area contributed by atoms with Gasteiger partial charge in [0.25, 0.3) is 0 Å². The number of halogens is 1. The largest absolute Gasteiger partial charge is 0.478 e. The Morgan fingerprint density at radius 2 is 1.57 bits per heavy atom. The molecule has 3 N–H and O–H groups in total. The fourth-order valence-corrected chi connectivity index (χ4v) is 4.52. The van der Waals surface area contributed by atoms with E-state index in [4.69, 9.17) is 4.74 Å². The molecule has 8 heteroatoms. The first kappa shape index (κ1) is 24.5. The Bertz CT molecular complexity index is 1250. The molecule has 1 aliphatic rings. The van der Waals surface area contributed by atoms with Gasteiger partial charge in [-0.15, -0.1) is 0 Å². The topological polar surface area (TPSA) is 105 Å². The van der Waals surface area contributed by atoms with Crippen LogP contribution in [0.1, 0.15) is 41.3 Å². The molecule has 1 aliphatic carbocycles. The second kappa shape index (κ2) is 10.3. The zero-order valence-corrected chi connectivity index (χ0v) is 20.8. The number of hydrogen-bond acceptors (Lipinski definition) is 4. The number of carbonyl (C=O) groups is 3. The van der Waals surface area contributed by atoms with Crippen LogP contribution < -0.4 is 10.6 Å². The van der Waals surface area contributed by atoms with E-state index in [9.17, 15) is 19.5 Å². The normalized spacial score (nSPS) is 13.8. The maximum Gasteiger partial charge on any atom is 0.407 e. The van der Waals surface area contributed by atoms with Crippen molar-refractivity contribution in [2.24, 2.45) is 5.92 Å². The Morgan fingerprint density at radius 1 is 0.971 bits per heavy atom. The predicted octanol–water partition coefficient (Wildman–Crippen LogP) is 5.65. The number of ether oxygens (including phenoxy) is 1. The third-order valence-corrected chi connectivity index (χ3v) is 7.02. The molecule has 0 spiro atoms. The first-order valence-electron chi connectivity index (χ1n) is 11.2. The van der Waals surface area contributed by atoms with Crippen molar-refractivity contribution in [3.8, 4) is 11.1 Å². The Hall–Kier alpha value is -3.65. The molecule has 0 heterocycles. The van der Waals surface area contributed by atoms with Crippen LogP contribution in [-0.4, -0.2) is 35.7 Å². The van der Waals surface area contributed by atoms with Gasteiger partial charge < -0.3 is 20.5 Å². The standard InChI is InChI=1S/C27H25BrN2O5/c1-15(25(31)30-24-13-17(26(32)33)11-12-23(24)28)16(2)29-27(34)35-14-22-20-9-5-3-7-18(20)19-8-4-6-10-21(19)22/h3-13,15-16,22H,14H2,1-2H3,(H,29,34)(H,30,31)(H,32,33). The number of carboxylic acid groups (broad SMARTS) is 1. The van der Waals surface area contributed by atoms with Gasteiger partial charge in [0.15, 0.2) is 0 Å². The van der Waals surface area contributed by atoms with Gasteiger partial charge in [0.2, 0.25) is 5.91 Å². The zero-order chi connectivity index (χ0) is 25.1. The average Bonchev–Trinajstić information content (AvgIpc) is 3.17. The van der Waals surface area contributed by atoms with Gasteiger partial charge in [0.1, 0.15) is 6.61 Å². The molecule has 35 heavy (non-hydrogen) atoms. The minimum Gasteiger partial charge on any atom is -0.478 e. The van der Waals surface area contributed by atoms with E-state index >= 15 is 0 Å². The van der Waals surface area contributed by atoms with E-state index in [1.165, 1.54) is 12.1 Å². The highest BCUT2D eigenvalue weighted by Crippen LogP contribution is 2.44. The third-order valence-electron chi connectivity index (χ3n) is 6.32. The van der Waals surface area contributed by atoms with E-state index in [-0.39, 0.29) is 24.0 Å². The summed E-state index contributed by atoms with van der Waals surface area (Å²) in [6, 6.07) is 20.0. The highest BCUT2D eigenvalue weighted by atomic mass is 79.9. The van der Waals surface area contributed by atoms with Gasteiger partial charge in [0.05, 0.1) is 17.2 Å². The number of alkyl carbamates (subject to hydrolysis) is 1. The van der Waals surface area contributed by atoms with Gasteiger partial charge >= 0.3 is 12.1 Å². The second-order valence-corrected chi connectivity index (χ2v) is 9.39. The molecule has 180 valence electrons. The minimum absolute atomic E-state index is 0.0527. The fraction of sp³-hybridized carbons (Fsp3) is 0.222. The summed E-state index contributed by atoms with van der Waals surface area (Å²) in [5.41, 5.74) is 4.94. The Kier molecular flexibility index (Phi) is 7.21. The average molecular weight is 537 g/mol. The number of benzene rings is 3. The minimum atomic E-state index is -1.09. The van der Waals surface area contributed by atoms with Crippen molar-refractivity contribution in [2.75, 3.05) is 11.9 Å². The van der Waals surface area contributed by atoms with Crippen LogP contribution in [0.3, 0.4) is 0 Å². The summed E-state index contributed by atoms with van der Waals surface area (Å²) in [4.78, 5) is 36.5. The Balaban J connectivity index is 1.35. The highest BCUT2D eigenvalue weighted by molar-refractivity contribution is 9.10. The lowest BCUT2D eigenvalue weighted by atomic mass is 9.98. The molecule has 2 unspecified atom stereocenters. The van der Waals surface area contributed by atoms with Crippen molar-refractivity contribution in [3.63, 3.8) is 0 Å². The molecule has 0 saturated carbocycles. The monoisotopic (exact) mass is 536 g/mol. The lowest BCUT2D eigenvalue weighted by molar-refractivity contribution is -0.120.